The molecule has 1 unspecified atom stereocenters. The van der Waals surface area contributed by atoms with Crippen molar-refractivity contribution in [2.45, 2.75) is 46.0 Å². The van der Waals surface area contributed by atoms with Gasteiger partial charge in [0.2, 0.25) is 0 Å². The number of alkyl halides is 1. The largest absolute Gasteiger partial charge is 0.251 e. The summed E-state index contributed by atoms with van der Waals surface area (Å²) in [7, 11) is 0. The van der Waals surface area contributed by atoms with E-state index in [4.69, 9.17) is 0 Å². The third-order valence-corrected chi connectivity index (χ3v) is 2.02. The van der Waals surface area contributed by atoms with Gasteiger partial charge in [-0.1, -0.05) is 33.1 Å². The van der Waals surface area contributed by atoms with E-state index in [1.165, 1.54) is 19.3 Å². The van der Waals surface area contributed by atoms with Gasteiger partial charge in [0.15, 0.2) is 0 Å². The van der Waals surface area contributed by atoms with Crippen LogP contribution in [-0.4, -0.2) is 6.67 Å². The van der Waals surface area contributed by atoms with Crippen molar-refractivity contribution in [3.63, 3.8) is 0 Å². The summed E-state index contributed by atoms with van der Waals surface area (Å²) in [5.41, 5.74) is 0. The lowest BCUT2D eigenvalue weighted by Gasteiger charge is -2.11. The Hall–Kier alpha value is -0.0700. The van der Waals surface area contributed by atoms with Gasteiger partial charge in [0.05, 0.1) is 6.67 Å². The Balaban J connectivity index is 3.21. The molecule has 0 spiro atoms. The predicted molar refractivity (Wildman–Crippen MR) is 43.9 cm³/mol. The van der Waals surface area contributed by atoms with E-state index >= 15 is 0 Å². The van der Waals surface area contributed by atoms with Crippen LogP contribution in [0.4, 0.5) is 4.39 Å². The van der Waals surface area contributed by atoms with Crippen LogP contribution in [0, 0.1) is 5.92 Å². The van der Waals surface area contributed by atoms with E-state index in [2.05, 4.69) is 13.8 Å². The van der Waals surface area contributed by atoms with Crippen LogP contribution in [0.1, 0.15) is 46.0 Å². The standard InChI is InChI=1S/C9H19F/c1-3-6-9(4-2)7-5-8-10/h9H,3-8H2,1-2H3. The van der Waals surface area contributed by atoms with Crippen LogP contribution in [0.15, 0.2) is 0 Å². The fourth-order valence-electron chi connectivity index (χ4n) is 1.33. The van der Waals surface area contributed by atoms with Crippen molar-refractivity contribution in [2.24, 2.45) is 5.92 Å². The third-order valence-electron chi connectivity index (χ3n) is 2.02. The molecule has 0 saturated heterocycles. The van der Waals surface area contributed by atoms with E-state index in [0.717, 1.165) is 18.8 Å². The van der Waals surface area contributed by atoms with Crippen LogP contribution in [0.3, 0.4) is 0 Å². The lowest BCUT2D eigenvalue weighted by molar-refractivity contribution is 0.376. The molecule has 0 aromatic rings. The van der Waals surface area contributed by atoms with Crippen molar-refractivity contribution in [1.82, 2.24) is 0 Å². The second kappa shape index (κ2) is 7.04. The maximum atomic E-state index is 11.7. The maximum absolute atomic E-state index is 11.7. The van der Waals surface area contributed by atoms with Crippen molar-refractivity contribution in [1.29, 1.82) is 0 Å². The van der Waals surface area contributed by atoms with Gasteiger partial charge in [-0.15, -0.1) is 0 Å². The average Bonchev–Trinajstić information content (AvgIpc) is 1.98. The molecule has 0 N–H and O–H groups in total. The van der Waals surface area contributed by atoms with Gasteiger partial charge in [0, 0.05) is 0 Å². The Morgan fingerprint density at radius 1 is 1.20 bits per heavy atom. The first-order valence-electron chi connectivity index (χ1n) is 4.41. The smallest absolute Gasteiger partial charge is 0.0894 e. The molecule has 10 heavy (non-hydrogen) atoms. The van der Waals surface area contributed by atoms with Crippen LogP contribution in [0.5, 0.6) is 0 Å². The van der Waals surface area contributed by atoms with Gasteiger partial charge in [-0.05, 0) is 18.8 Å². The highest BCUT2D eigenvalue weighted by atomic mass is 19.1. The third kappa shape index (κ3) is 4.78. The average molecular weight is 146 g/mol. The van der Waals surface area contributed by atoms with Crippen molar-refractivity contribution in [3.05, 3.63) is 0 Å². The van der Waals surface area contributed by atoms with Crippen LogP contribution in [-0.2, 0) is 0 Å². The molecule has 0 aromatic carbocycles. The summed E-state index contributed by atoms with van der Waals surface area (Å²) in [6.45, 7) is 4.25. The molecule has 0 rings (SSSR count). The summed E-state index contributed by atoms with van der Waals surface area (Å²) in [6, 6.07) is 0. The number of hydrogen-bond acceptors (Lipinski definition) is 0. The molecule has 0 bridgehead atoms. The van der Waals surface area contributed by atoms with Crippen molar-refractivity contribution in [2.75, 3.05) is 6.67 Å². The van der Waals surface area contributed by atoms with E-state index in [-0.39, 0.29) is 6.67 Å². The highest BCUT2D eigenvalue weighted by molar-refractivity contribution is 4.55. The molecule has 0 saturated carbocycles. The molecule has 0 aromatic heterocycles. The van der Waals surface area contributed by atoms with Gasteiger partial charge in [-0.25, -0.2) is 0 Å². The minimum absolute atomic E-state index is 0.139. The summed E-state index contributed by atoms with van der Waals surface area (Å²) in [6.07, 6.45) is 5.58. The zero-order valence-electron chi connectivity index (χ0n) is 7.20. The zero-order chi connectivity index (χ0) is 7.82. The van der Waals surface area contributed by atoms with Crippen molar-refractivity contribution >= 4 is 0 Å². The molecule has 1 atom stereocenters. The number of rotatable bonds is 6. The minimum atomic E-state index is -0.139. The Morgan fingerprint density at radius 2 is 1.90 bits per heavy atom. The fraction of sp³-hybridized carbons (Fsp3) is 1.00. The zero-order valence-corrected chi connectivity index (χ0v) is 7.20. The molecular weight excluding hydrogens is 127 g/mol. The first-order chi connectivity index (χ1) is 4.85. The second-order valence-electron chi connectivity index (χ2n) is 2.89. The summed E-state index contributed by atoms with van der Waals surface area (Å²) in [5.74, 6) is 0.778. The van der Waals surface area contributed by atoms with E-state index in [1.807, 2.05) is 0 Å². The Kier molecular flexibility index (Phi) is 6.99. The first kappa shape index (κ1) is 9.93. The Labute approximate surface area is 63.8 Å². The van der Waals surface area contributed by atoms with Gasteiger partial charge in [-0.3, -0.25) is 4.39 Å². The molecule has 1 heteroatoms. The predicted octanol–water partition coefficient (Wildman–Crippen LogP) is 3.56. The highest BCUT2D eigenvalue weighted by Crippen LogP contribution is 2.16. The van der Waals surface area contributed by atoms with E-state index in [9.17, 15) is 4.39 Å². The van der Waals surface area contributed by atoms with Gasteiger partial charge in [0.1, 0.15) is 0 Å². The molecule has 0 aliphatic carbocycles. The van der Waals surface area contributed by atoms with Gasteiger partial charge < -0.3 is 0 Å². The van der Waals surface area contributed by atoms with Gasteiger partial charge in [-0.2, -0.15) is 0 Å². The van der Waals surface area contributed by atoms with E-state index < -0.39 is 0 Å². The SMILES string of the molecule is CCCC(CC)CCCF. The van der Waals surface area contributed by atoms with Crippen molar-refractivity contribution < 1.29 is 4.39 Å². The topological polar surface area (TPSA) is 0 Å². The van der Waals surface area contributed by atoms with E-state index in [0.29, 0.717) is 0 Å². The lowest BCUT2D eigenvalue weighted by Crippen LogP contribution is -1.98. The molecule has 0 heterocycles. The summed E-state index contributed by atoms with van der Waals surface area (Å²) < 4.78 is 11.7. The molecule has 0 nitrogen and oxygen atoms in total. The van der Waals surface area contributed by atoms with Crippen LogP contribution in [0.25, 0.3) is 0 Å². The second-order valence-corrected chi connectivity index (χ2v) is 2.89. The summed E-state index contributed by atoms with van der Waals surface area (Å²) in [5, 5.41) is 0. The minimum Gasteiger partial charge on any atom is -0.251 e. The van der Waals surface area contributed by atoms with E-state index in [1.54, 1.807) is 0 Å². The number of hydrogen-bond donors (Lipinski definition) is 0. The maximum Gasteiger partial charge on any atom is 0.0894 e. The van der Waals surface area contributed by atoms with Crippen molar-refractivity contribution in [3.8, 4) is 0 Å². The van der Waals surface area contributed by atoms with Gasteiger partial charge >= 0.3 is 0 Å². The van der Waals surface area contributed by atoms with Crippen LogP contribution >= 0.6 is 0 Å². The molecular formula is C9H19F. The molecule has 0 aliphatic rings. The summed E-state index contributed by atoms with van der Waals surface area (Å²) >= 11 is 0. The summed E-state index contributed by atoms with van der Waals surface area (Å²) in [4.78, 5) is 0. The van der Waals surface area contributed by atoms with Crippen LogP contribution < -0.4 is 0 Å². The van der Waals surface area contributed by atoms with Crippen LogP contribution in [0.2, 0.25) is 0 Å². The molecule has 0 fully saturated rings. The molecule has 62 valence electrons. The number of halogens is 1. The highest BCUT2D eigenvalue weighted by Gasteiger charge is 2.03. The Bertz CT molecular complexity index is 61.7. The van der Waals surface area contributed by atoms with Gasteiger partial charge in [0.25, 0.3) is 0 Å². The first-order valence-corrected chi connectivity index (χ1v) is 4.41. The Morgan fingerprint density at radius 3 is 2.30 bits per heavy atom. The quantitative estimate of drug-likeness (QED) is 0.537. The molecule has 0 radical (unpaired) electrons. The lowest BCUT2D eigenvalue weighted by atomic mass is 9.96. The molecule has 0 amide bonds. The monoisotopic (exact) mass is 146 g/mol. The normalized spacial score (nSPS) is 13.5. The molecule has 0 aliphatic heterocycles. The fourth-order valence-corrected chi connectivity index (χ4v) is 1.33.